The van der Waals surface area contributed by atoms with Crippen molar-refractivity contribution < 1.29 is 14.2 Å². The van der Waals surface area contributed by atoms with Gasteiger partial charge in [0.25, 0.3) is 0 Å². The molecular weight excluding hydrogens is 298 g/mol. The molecule has 0 saturated carbocycles. The Hall–Kier alpha value is -0.780. The molecule has 1 aromatic carbocycles. The first-order valence-corrected chi connectivity index (χ1v) is 6.73. The Balaban J connectivity index is 2.76. The fraction of sp³-hybridized carbons (Fsp3) is 0.538. The predicted molar refractivity (Wildman–Crippen MR) is 75.4 cm³/mol. The molecule has 1 rings (SSSR count). The molecule has 1 aromatic rings. The molecule has 0 aromatic heterocycles. The highest BCUT2D eigenvalue weighted by molar-refractivity contribution is 9.10. The van der Waals surface area contributed by atoms with Crippen molar-refractivity contribution in [2.24, 2.45) is 0 Å². The van der Waals surface area contributed by atoms with Gasteiger partial charge in [0, 0.05) is 13.2 Å². The first-order chi connectivity index (χ1) is 8.72. The summed E-state index contributed by atoms with van der Waals surface area (Å²) in [6, 6.07) is 3.99. The molecule has 0 fully saturated rings. The summed E-state index contributed by atoms with van der Waals surface area (Å²) in [7, 11) is 3.55. The van der Waals surface area contributed by atoms with Crippen molar-refractivity contribution >= 4 is 15.9 Å². The van der Waals surface area contributed by atoms with E-state index < -0.39 is 0 Å². The van der Waals surface area contributed by atoms with E-state index in [1.807, 2.05) is 26.1 Å². The van der Waals surface area contributed by atoms with E-state index in [9.17, 15) is 0 Å². The van der Waals surface area contributed by atoms with Gasteiger partial charge >= 0.3 is 0 Å². The van der Waals surface area contributed by atoms with Crippen LogP contribution in [-0.2, 0) is 11.3 Å². The minimum Gasteiger partial charge on any atom is -0.493 e. The van der Waals surface area contributed by atoms with Gasteiger partial charge in [0.05, 0.1) is 18.2 Å². The molecule has 102 valence electrons. The van der Waals surface area contributed by atoms with E-state index in [4.69, 9.17) is 14.2 Å². The third-order valence-electron chi connectivity index (χ3n) is 2.35. The number of methoxy groups -OCH3 is 1. The number of nitrogens with one attached hydrogen (secondary N) is 1. The lowest BCUT2D eigenvalue weighted by molar-refractivity contribution is 0.108. The van der Waals surface area contributed by atoms with Crippen LogP contribution in [0.15, 0.2) is 16.6 Å². The summed E-state index contributed by atoms with van der Waals surface area (Å²) in [4.78, 5) is 0. The fourth-order valence-corrected chi connectivity index (χ4v) is 2.17. The van der Waals surface area contributed by atoms with Crippen molar-refractivity contribution in [3.8, 4) is 11.5 Å². The Labute approximate surface area is 117 Å². The minimum absolute atomic E-state index is 0.508. The average Bonchev–Trinajstić information content (AvgIpc) is 2.36. The van der Waals surface area contributed by atoms with Crippen LogP contribution in [0.2, 0.25) is 0 Å². The van der Waals surface area contributed by atoms with E-state index in [0.29, 0.717) is 19.8 Å². The van der Waals surface area contributed by atoms with Gasteiger partial charge in [0.2, 0.25) is 0 Å². The second-order valence-electron chi connectivity index (χ2n) is 3.68. The van der Waals surface area contributed by atoms with Gasteiger partial charge in [-0.3, -0.25) is 0 Å². The number of hydrogen-bond acceptors (Lipinski definition) is 4. The smallest absolute Gasteiger partial charge is 0.175 e. The minimum atomic E-state index is 0.508. The molecule has 0 radical (unpaired) electrons. The SMILES string of the molecule is CCOCCOc1c(Br)cc(CNC)cc1OC. The van der Waals surface area contributed by atoms with Crippen molar-refractivity contribution in [1.82, 2.24) is 5.32 Å². The van der Waals surface area contributed by atoms with Gasteiger partial charge in [-0.25, -0.2) is 0 Å². The Bertz CT molecular complexity index is 371. The summed E-state index contributed by atoms with van der Waals surface area (Å²) in [6.07, 6.45) is 0. The topological polar surface area (TPSA) is 39.7 Å². The van der Waals surface area contributed by atoms with E-state index in [0.717, 1.165) is 28.1 Å². The van der Waals surface area contributed by atoms with Gasteiger partial charge in [0.15, 0.2) is 11.5 Å². The molecule has 0 saturated heterocycles. The van der Waals surface area contributed by atoms with Crippen molar-refractivity contribution in [3.63, 3.8) is 0 Å². The molecule has 0 bridgehead atoms. The Morgan fingerprint density at radius 1 is 1.28 bits per heavy atom. The number of hydrogen-bond donors (Lipinski definition) is 1. The molecule has 0 aliphatic rings. The molecule has 0 spiro atoms. The lowest BCUT2D eigenvalue weighted by Crippen LogP contribution is -2.09. The van der Waals surface area contributed by atoms with Crippen LogP contribution >= 0.6 is 15.9 Å². The van der Waals surface area contributed by atoms with E-state index in [2.05, 4.69) is 21.2 Å². The number of ether oxygens (including phenoxy) is 3. The van der Waals surface area contributed by atoms with E-state index in [1.54, 1.807) is 7.11 Å². The molecule has 0 unspecified atom stereocenters. The van der Waals surface area contributed by atoms with Crippen LogP contribution in [0.1, 0.15) is 12.5 Å². The van der Waals surface area contributed by atoms with Crippen LogP contribution < -0.4 is 14.8 Å². The van der Waals surface area contributed by atoms with Gasteiger partial charge in [-0.15, -0.1) is 0 Å². The second-order valence-corrected chi connectivity index (χ2v) is 4.54. The maximum absolute atomic E-state index is 5.68. The summed E-state index contributed by atoms with van der Waals surface area (Å²) >= 11 is 3.50. The summed E-state index contributed by atoms with van der Waals surface area (Å²) in [6.45, 7) is 4.53. The van der Waals surface area contributed by atoms with Crippen LogP contribution in [0.5, 0.6) is 11.5 Å². The first-order valence-electron chi connectivity index (χ1n) is 5.94. The number of benzene rings is 1. The maximum atomic E-state index is 5.68. The Morgan fingerprint density at radius 3 is 2.67 bits per heavy atom. The van der Waals surface area contributed by atoms with Gasteiger partial charge in [-0.2, -0.15) is 0 Å². The summed E-state index contributed by atoms with van der Waals surface area (Å²) in [5.74, 6) is 1.45. The predicted octanol–water partition coefficient (Wildman–Crippen LogP) is 2.59. The Morgan fingerprint density at radius 2 is 2.06 bits per heavy atom. The molecule has 18 heavy (non-hydrogen) atoms. The zero-order valence-electron chi connectivity index (χ0n) is 11.1. The van der Waals surface area contributed by atoms with Crippen LogP contribution in [0, 0.1) is 0 Å². The van der Waals surface area contributed by atoms with Gasteiger partial charge < -0.3 is 19.5 Å². The van der Waals surface area contributed by atoms with Crippen LogP contribution in [0.4, 0.5) is 0 Å². The Kier molecular flexibility index (Phi) is 7.08. The highest BCUT2D eigenvalue weighted by Crippen LogP contribution is 2.36. The lowest BCUT2D eigenvalue weighted by Gasteiger charge is -2.14. The monoisotopic (exact) mass is 317 g/mol. The van der Waals surface area contributed by atoms with Crippen LogP contribution in [0.3, 0.4) is 0 Å². The zero-order valence-corrected chi connectivity index (χ0v) is 12.7. The van der Waals surface area contributed by atoms with E-state index in [-0.39, 0.29) is 0 Å². The molecule has 4 nitrogen and oxygen atoms in total. The van der Waals surface area contributed by atoms with Gasteiger partial charge in [-0.1, -0.05) is 0 Å². The summed E-state index contributed by atoms with van der Waals surface area (Å²) in [5.41, 5.74) is 1.14. The zero-order chi connectivity index (χ0) is 13.4. The second kappa shape index (κ2) is 8.34. The molecular formula is C13H20BrNO3. The molecule has 5 heteroatoms. The quantitative estimate of drug-likeness (QED) is 0.748. The maximum Gasteiger partial charge on any atom is 0.175 e. The van der Waals surface area contributed by atoms with Gasteiger partial charge in [0.1, 0.15) is 6.61 Å². The molecule has 0 amide bonds. The normalized spacial score (nSPS) is 10.4. The van der Waals surface area contributed by atoms with Crippen molar-refractivity contribution in [2.45, 2.75) is 13.5 Å². The molecule has 0 aliphatic heterocycles. The summed E-state index contributed by atoms with van der Waals surface area (Å²) < 4.78 is 17.2. The van der Waals surface area contributed by atoms with Crippen molar-refractivity contribution in [1.29, 1.82) is 0 Å². The van der Waals surface area contributed by atoms with Gasteiger partial charge in [-0.05, 0) is 47.6 Å². The van der Waals surface area contributed by atoms with E-state index >= 15 is 0 Å². The molecule has 0 atom stereocenters. The highest BCUT2D eigenvalue weighted by Gasteiger charge is 2.11. The molecule has 1 N–H and O–H groups in total. The van der Waals surface area contributed by atoms with Crippen molar-refractivity contribution in [3.05, 3.63) is 22.2 Å². The largest absolute Gasteiger partial charge is 0.493 e. The number of rotatable bonds is 8. The highest BCUT2D eigenvalue weighted by atomic mass is 79.9. The third-order valence-corrected chi connectivity index (χ3v) is 2.94. The van der Waals surface area contributed by atoms with E-state index in [1.165, 1.54) is 0 Å². The summed E-state index contributed by atoms with van der Waals surface area (Å²) in [5, 5.41) is 3.10. The fourth-order valence-electron chi connectivity index (χ4n) is 1.57. The molecule has 0 aliphatic carbocycles. The molecule has 0 heterocycles. The first kappa shape index (κ1) is 15.3. The average molecular weight is 318 g/mol. The number of halogens is 1. The van der Waals surface area contributed by atoms with Crippen LogP contribution in [0.25, 0.3) is 0 Å². The standard InChI is InChI=1S/C13H20BrNO3/c1-4-17-5-6-18-13-11(14)7-10(9-15-2)8-12(13)16-3/h7-8,15H,4-6,9H2,1-3H3. The lowest BCUT2D eigenvalue weighted by atomic mass is 10.2. The van der Waals surface area contributed by atoms with Crippen molar-refractivity contribution in [2.75, 3.05) is 34.0 Å². The van der Waals surface area contributed by atoms with Crippen LogP contribution in [-0.4, -0.2) is 34.0 Å². The third kappa shape index (κ3) is 4.48.